The van der Waals surface area contributed by atoms with Crippen LogP contribution in [0.5, 0.6) is 0 Å². The number of thiophene rings is 1. The Hall–Kier alpha value is -11.3. The summed E-state index contributed by atoms with van der Waals surface area (Å²) >= 11 is 9.87. The van der Waals surface area contributed by atoms with E-state index in [-0.39, 0.29) is 5.28 Å². The maximum atomic E-state index is 6.48. The minimum atomic E-state index is -0.518. The van der Waals surface area contributed by atoms with Gasteiger partial charge in [-0.3, -0.25) is 4.98 Å². The highest BCUT2D eigenvalue weighted by molar-refractivity contribution is 8.00. The first kappa shape index (κ1) is 63.6. The largest absolute Gasteiger partial charge is 0.515 e. The monoisotopic (exact) mass is 1390 g/mol. The van der Waals surface area contributed by atoms with E-state index in [1.54, 1.807) is 0 Å². The van der Waals surface area contributed by atoms with Crippen molar-refractivity contribution >= 4 is 154 Å². The molecule has 0 radical (unpaired) electrons. The third-order valence-electron chi connectivity index (χ3n) is 21.1. The van der Waals surface area contributed by atoms with Gasteiger partial charge in [0.1, 0.15) is 5.69 Å². The molecule has 0 saturated carbocycles. The van der Waals surface area contributed by atoms with Crippen LogP contribution < -0.4 is 5.59 Å². The van der Waals surface area contributed by atoms with Gasteiger partial charge < -0.3 is 9.31 Å². The van der Waals surface area contributed by atoms with E-state index in [1.807, 2.05) is 77.7 Å². The summed E-state index contributed by atoms with van der Waals surface area (Å²) < 4.78 is 15.5. The Kier molecular flexibility index (Phi) is 15.7. The average Bonchev–Trinajstić information content (AvgIpc) is 1.42. The SMILES string of the molecule is C1=CC2Sc3c(c4ccccc4c4c3nc(-c3nc(-c5cccc(-c6ccccc6)c5)c5ccccc5n3)c3ccccc34)C2C=C1.CC1(C)OB(c2nc3c4sc5ccccc5c4c4ccccc4c3c3ccccc23)OC1(C)C.Clc1nc(-c2cccc(-c3ccccc3)c2)c2ccccc2n1. The smallest absolute Gasteiger partial charge is 0.398 e. The van der Waals surface area contributed by atoms with Crippen LogP contribution in [0.2, 0.25) is 5.28 Å². The molecule has 1 fully saturated rings. The van der Waals surface area contributed by atoms with Gasteiger partial charge in [0.2, 0.25) is 5.28 Å². The van der Waals surface area contributed by atoms with Crippen LogP contribution in [0, 0.1) is 0 Å². The van der Waals surface area contributed by atoms with Crippen LogP contribution in [-0.4, -0.2) is 53.5 Å². The zero-order valence-corrected chi connectivity index (χ0v) is 59.7. The number of allylic oxidation sites excluding steroid dienone is 3. The lowest BCUT2D eigenvalue weighted by Crippen LogP contribution is -2.41. The van der Waals surface area contributed by atoms with Crippen LogP contribution >= 0.6 is 34.7 Å². The van der Waals surface area contributed by atoms with Crippen molar-refractivity contribution in [2.45, 2.75) is 55.0 Å². The molecule has 2 unspecified atom stereocenters. The van der Waals surface area contributed by atoms with Crippen molar-refractivity contribution < 1.29 is 9.31 Å². The topological polar surface area (TPSA) is 95.8 Å². The highest BCUT2D eigenvalue weighted by Gasteiger charge is 2.53. The Bertz CT molecular complexity index is 6590. The molecule has 3 aliphatic rings. The van der Waals surface area contributed by atoms with Gasteiger partial charge in [-0.1, -0.05) is 273 Å². The first-order chi connectivity index (χ1) is 51.0. The molecule has 18 aromatic rings. The van der Waals surface area contributed by atoms with Gasteiger partial charge in [-0.2, -0.15) is 0 Å². The minimum absolute atomic E-state index is 0.267. The van der Waals surface area contributed by atoms with E-state index in [1.165, 1.54) is 84.8 Å². The molecule has 0 N–H and O–H groups in total. The van der Waals surface area contributed by atoms with Crippen LogP contribution in [0.3, 0.4) is 0 Å². The Morgan fingerprint density at radius 1 is 0.365 bits per heavy atom. The average molecular weight is 1400 g/mol. The van der Waals surface area contributed by atoms with Gasteiger partial charge in [0.25, 0.3) is 0 Å². The molecular formula is C92H64BClN6O2S2. The van der Waals surface area contributed by atoms with E-state index in [9.17, 15) is 0 Å². The van der Waals surface area contributed by atoms with Crippen LogP contribution in [0.25, 0.3) is 163 Å². The van der Waals surface area contributed by atoms with E-state index in [0.717, 1.165) is 88.5 Å². The molecule has 0 amide bonds. The summed E-state index contributed by atoms with van der Waals surface area (Å²) in [5, 5.41) is 17.2. The lowest BCUT2D eigenvalue weighted by atomic mass is 9.80. The molecule has 12 heteroatoms. The lowest BCUT2D eigenvalue weighted by Gasteiger charge is -2.32. The fourth-order valence-electron chi connectivity index (χ4n) is 15.5. The van der Waals surface area contributed by atoms with Gasteiger partial charge in [0.15, 0.2) is 5.82 Å². The number of aromatic nitrogens is 6. The molecule has 21 rings (SSSR count). The van der Waals surface area contributed by atoms with Crippen molar-refractivity contribution in [1.29, 1.82) is 0 Å². The number of pyridine rings is 2. The fourth-order valence-corrected chi connectivity index (χ4v) is 18.3. The van der Waals surface area contributed by atoms with Crippen molar-refractivity contribution in [3.63, 3.8) is 0 Å². The number of halogens is 1. The van der Waals surface area contributed by atoms with Gasteiger partial charge in [-0.25, -0.2) is 24.9 Å². The lowest BCUT2D eigenvalue weighted by molar-refractivity contribution is 0.00578. The molecule has 104 heavy (non-hydrogen) atoms. The van der Waals surface area contributed by atoms with Gasteiger partial charge in [0.05, 0.1) is 54.9 Å². The van der Waals surface area contributed by atoms with Crippen LogP contribution in [0.15, 0.2) is 308 Å². The van der Waals surface area contributed by atoms with E-state index in [2.05, 4.69) is 286 Å². The van der Waals surface area contributed by atoms with Gasteiger partial charge in [0, 0.05) is 75.0 Å². The number of thioether (sulfide) groups is 1. The molecule has 7 heterocycles. The second-order valence-electron chi connectivity index (χ2n) is 27.8. The van der Waals surface area contributed by atoms with Crippen molar-refractivity contribution in [3.05, 3.63) is 314 Å². The number of nitrogens with zero attached hydrogens (tertiary/aromatic N) is 6. The predicted molar refractivity (Wildman–Crippen MR) is 438 cm³/mol. The van der Waals surface area contributed by atoms with E-state index in [0.29, 0.717) is 17.0 Å². The second-order valence-corrected chi connectivity index (χ2v) is 30.3. The highest BCUT2D eigenvalue weighted by Crippen LogP contribution is 2.55. The number of benzene rings is 13. The Balaban J connectivity index is 0.000000114. The summed E-state index contributed by atoms with van der Waals surface area (Å²) in [6, 6.07) is 97.5. The molecule has 496 valence electrons. The quantitative estimate of drug-likeness (QED) is 0.0916. The third-order valence-corrected chi connectivity index (χ3v) is 23.8. The van der Waals surface area contributed by atoms with Gasteiger partial charge in [-0.15, -0.1) is 23.1 Å². The first-order valence-electron chi connectivity index (χ1n) is 35.2. The Morgan fingerprint density at radius 3 is 1.44 bits per heavy atom. The van der Waals surface area contributed by atoms with Gasteiger partial charge in [-0.05, 0) is 130 Å². The molecule has 2 atom stereocenters. The Morgan fingerprint density at radius 2 is 0.817 bits per heavy atom. The second kappa shape index (κ2) is 25.6. The summed E-state index contributed by atoms with van der Waals surface area (Å²) in [6.45, 7) is 8.36. The maximum Gasteiger partial charge on any atom is 0.515 e. The molecule has 2 aliphatic heterocycles. The molecular weight excluding hydrogens is 1330 g/mol. The normalized spacial score (nSPS) is 15.7. The molecule has 5 aromatic heterocycles. The third kappa shape index (κ3) is 10.8. The number of para-hydroxylation sites is 2. The van der Waals surface area contributed by atoms with Crippen molar-refractivity contribution in [3.8, 4) is 56.3 Å². The number of hydrogen-bond donors (Lipinski definition) is 0. The molecule has 0 bridgehead atoms. The van der Waals surface area contributed by atoms with E-state index < -0.39 is 18.3 Å². The molecule has 0 spiro atoms. The Labute approximate surface area is 614 Å². The number of hydrogen-bond acceptors (Lipinski definition) is 10. The van der Waals surface area contributed by atoms with Crippen LogP contribution in [0.1, 0.15) is 39.2 Å². The molecule has 8 nitrogen and oxygen atoms in total. The van der Waals surface area contributed by atoms with E-state index in [4.69, 9.17) is 40.8 Å². The zero-order chi connectivity index (χ0) is 69.8. The fraction of sp³-hybridized carbons (Fsp3) is 0.0870. The first-order valence-corrected chi connectivity index (χ1v) is 37.3. The van der Waals surface area contributed by atoms with Crippen molar-refractivity contribution in [1.82, 2.24) is 29.9 Å². The number of rotatable bonds is 6. The van der Waals surface area contributed by atoms with Crippen molar-refractivity contribution in [2.24, 2.45) is 0 Å². The van der Waals surface area contributed by atoms with Gasteiger partial charge >= 0.3 is 7.12 Å². The van der Waals surface area contributed by atoms with Crippen LogP contribution in [0.4, 0.5) is 0 Å². The zero-order valence-electron chi connectivity index (χ0n) is 57.3. The van der Waals surface area contributed by atoms with Crippen molar-refractivity contribution in [2.75, 3.05) is 0 Å². The molecule has 1 saturated heterocycles. The molecule has 1 aliphatic carbocycles. The highest BCUT2D eigenvalue weighted by atomic mass is 35.5. The summed E-state index contributed by atoms with van der Waals surface area (Å²) in [7, 11) is -0.518. The summed E-state index contributed by atoms with van der Waals surface area (Å²) in [5.41, 5.74) is 14.6. The standard InChI is InChI=1S/C43H27N3S.C29H24BNO2S.C20H13ClN2/c1-2-13-26(14-3-1)27-15-12-16-28(25-27)39-33-21-8-10-23-35(33)44-43(46-39)40-32-20-7-6-19-31(32)37-29-17-4-5-18-30(29)38-34-22-9-11-24-36(34)47-42(38)41(37)45-40;1-28(2)29(3,4)33-30(32-28)27-20-14-8-7-13-19(20)23-17-11-5-6-12-18(17)24-21-15-9-10-16-22(21)34-26(24)25(23)31-27;21-20-22-18-12-5-4-11-17(18)19(23-20)16-10-6-9-15(13-16)14-7-2-1-3-8-14/h1-25,34,36H;5-16H,1-4H3;1-13H. The summed E-state index contributed by atoms with van der Waals surface area (Å²) in [4.78, 5) is 31.5. The van der Waals surface area contributed by atoms with E-state index >= 15 is 0 Å². The summed E-state index contributed by atoms with van der Waals surface area (Å²) in [6.07, 6.45) is 9.05. The van der Waals surface area contributed by atoms with Crippen LogP contribution in [-0.2, 0) is 9.31 Å². The summed E-state index contributed by atoms with van der Waals surface area (Å²) in [5.74, 6) is 0.968. The minimum Gasteiger partial charge on any atom is -0.398 e. The maximum absolute atomic E-state index is 6.48. The number of fused-ring (bicyclic) bond motifs is 22. The predicted octanol–water partition coefficient (Wildman–Crippen LogP) is 24.0. The molecule has 13 aromatic carbocycles.